The van der Waals surface area contributed by atoms with Gasteiger partial charge < -0.3 is 15.4 Å². The number of hydrogen-bond donors (Lipinski definition) is 2. The second kappa shape index (κ2) is 10.4. The molecule has 32 heavy (non-hydrogen) atoms. The summed E-state index contributed by atoms with van der Waals surface area (Å²) in [5.74, 6) is -0.757. The normalized spacial score (nSPS) is 14.7. The van der Waals surface area contributed by atoms with E-state index in [0.717, 1.165) is 6.42 Å². The number of halogens is 1. The Morgan fingerprint density at radius 3 is 2.44 bits per heavy atom. The highest BCUT2D eigenvalue weighted by atomic mass is 35.5. The molecule has 3 rings (SSSR count). The molecular formula is C22H26ClN3O5S. The van der Waals surface area contributed by atoms with E-state index in [2.05, 4.69) is 10.6 Å². The maximum absolute atomic E-state index is 12.9. The second-order valence-corrected chi connectivity index (χ2v) is 9.74. The summed E-state index contributed by atoms with van der Waals surface area (Å²) in [7, 11) is -3.73. The molecule has 8 nitrogen and oxygen atoms in total. The lowest BCUT2D eigenvalue weighted by molar-refractivity contribution is 0.0730. The molecule has 2 aromatic rings. The number of aryl methyl sites for hydroxylation is 1. The molecule has 2 aromatic carbocycles. The van der Waals surface area contributed by atoms with Gasteiger partial charge in [0.15, 0.2) is 0 Å². The zero-order chi connectivity index (χ0) is 23.3. The van der Waals surface area contributed by atoms with Crippen LogP contribution in [0.5, 0.6) is 0 Å². The predicted octanol–water partition coefficient (Wildman–Crippen LogP) is 3.06. The zero-order valence-electron chi connectivity index (χ0n) is 18.0. The van der Waals surface area contributed by atoms with Crippen molar-refractivity contribution in [1.29, 1.82) is 0 Å². The van der Waals surface area contributed by atoms with E-state index in [4.69, 9.17) is 16.3 Å². The molecule has 2 amide bonds. The quantitative estimate of drug-likeness (QED) is 0.635. The van der Waals surface area contributed by atoms with Gasteiger partial charge in [0.1, 0.15) is 0 Å². The fourth-order valence-corrected chi connectivity index (χ4v) is 4.95. The Labute approximate surface area is 192 Å². The lowest BCUT2D eigenvalue weighted by atomic mass is 10.1. The molecule has 1 fully saturated rings. The molecule has 1 aliphatic heterocycles. The van der Waals surface area contributed by atoms with Gasteiger partial charge in [-0.1, -0.05) is 24.6 Å². The Kier molecular flexibility index (Phi) is 7.89. The number of carbonyl (C=O) groups is 2. The van der Waals surface area contributed by atoms with Gasteiger partial charge in [-0.15, -0.1) is 0 Å². The summed E-state index contributed by atoms with van der Waals surface area (Å²) >= 11 is 6.23. The molecular weight excluding hydrogens is 454 g/mol. The Bertz CT molecular complexity index is 1110. The van der Waals surface area contributed by atoms with Crippen molar-refractivity contribution in [3.05, 3.63) is 58.1 Å². The van der Waals surface area contributed by atoms with Gasteiger partial charge in [-0.25, -0.2) is 8.42 Å². The standard InChI is InChI=1S/C22H26ClN3O5S/c1-3-8-24-21(27)18-7-5-16(13-20(18)23)25-22(28)19-14-17(6-4-15(19)2)32(29,30)26-9-11-31-12-10-26/h4-7,13-14H,3,8-12H2,1-2H3,(H,24,27)(H,25,28). The van der Waals surface area contributed by atoms with E-state index in [1.165, 1.54) is 28.6 Å². The predicted molar refractivity (Wildman–Crippen MR) is 123 cm³/mol. The van der Waals surface area contributed by atoms with Crippen LogP contribution in [0.1, 0.15) is 39.6 Å². The van der Waals surface area contributed by atoms with Crippen molar-refractivity contribution in [2.24, 2.45) is 0 Å². The number of hydrogen-bond acceptors (Lipinski definition) is 5. The lowest BCUT2D eigenvalue weighted by Crippen LogP contribution is -2.40. The molecule has 1 heterocycles. The highest BCUT2D eigenvalue weighted by molar-refractivity contribution is 7.89. The molecule has 0 bridgehead atoms. The molecule has 172 valence electrons. The monoisotopic (exact) mass is 479 g/mol. The number of benzene rings is 2. The van der Waals surface area contributed by atoms with Crippen LogP contribution in [-0.4, -0.2) is 57.4 Å². The Hall–Kier alpha value is -2.46. The third-order valence-corrected chi connectivity index (χ3v) is 7.28. The van der Waals surface area contributed by atoms with E-state index in [9.17, 15) is 18.0 Å². The van der Waals surface area contributed by atoms with Crippen LogP contribution in [-0.2, 0) is 14.8 Å². The number of amides is 2. The summed E-state index contributed by atoms with van der Waals surface area (Å²) in [5, 5.41) is 5.68. The maximum Gasteiger partial charge on any atom is 0.255 e. The van der Waals surface area contributed by atoms with Gasteiger partial charge in [-0.2, -0.15) is 4.31 Å². The minimum absolute atomic E-state index is 0.0520. The van der Waals surface area contributed by atoms with Crippen molar-refractivity contribution in [3.8, 4) is 0 Å². The molecule has 0 aliphatic carbocycles. The van der Waals surface area contributed by atoms with Gasteiger partial charge in [0.2, 0.25) is 10.0 Å². The SMILES string of the molecule is CCCNC(=O)c1ccc(NC(=O)c2cc(S(=O)(=O)N3CCOCC3)ccc2C)cc1Cl. The highest BCUT2D eigenvalue weighted by Crippen LogP contribution is 2.24. The largest absolute Gasteiger partial charge is 0.379 e. The Morgan fingerprint density at radius 1 is 1.06 bits per heavy atom. The summed E-state index contributed by atoms with van der Waals surface area (Å²) in [6, 6.07) is 9.09. The summed E-state index contributed by atoms with van der Waals surface area (Å²) < 4.78 is 32.4. The van der Waals surface area contributed by atoms with Gasteiger partial charge in [0, 0.05) is 30.9 Å². The van der Waals surface area contributed by atoms with Crippen molar-refractivity contribution in [1.82, 2.24) is 9.62 Å². The first kappa shape index (κ1) is 24.2. The van der Waals surface area contributed by atoms with Gasteiger partial charge in [0.25, 0.3) is 11.8 Å². The molecule has 1 aliphatic rings. The van der Waals surface area contributed by atoms with E-state index in [1.54, 1.807) is 19.1 Å². The van der Waals surface area contributed by atoms with E-state index in [0.29, 0.717) is 36.6 Å². The third kappa shape index (κ3) is 5.47. The lowest BCUT2D eigenvalue weighted by Gasteiger charge is -2.26. The summed E-state index contributed by atoms with van der Waals surface area (Å²) in [6.07, 6.45) is 0.803. The fourth-order valence-electron chi connectivity index (χ4n) is 3.25. The number of nitrogens with zero attached hydrogens (tertiary/aromatic N) is 1. The average Bonchev–Trinajstić information content (AvgIpc) is 2.78. The number of morpholine rings is 1. The number of nitrogens with one attached hydrogen (secondary N) is 2. The second-order valence-electron chi connectivity index (χ2n) is 7.40. The number of rotatable bonds is 7. The number of carbonyl (C=O) groups excluding carboxylic acids is 2. The van der Waals surface area contributed by atoms with Gasteiger partial charge >= 0.3 is 0 Å². The van der Waals surface area contributed by atoms with E-state index in [-0.39, 0.29) is 34.5 Å². The fraction of sp³-hybridized carbons (Fsp3) is 0.364. The topological polar surface area (TPSA) is 105 Å². The molecule has 0 unspecified atom stereocenters. The van der Waals surface area contributed by atoms with Crippen molar-refractivity contribution >= 4 is 39.1 Å². The smallest absolute Gasteiger partial charge is 0.255 e. The third-order valence-electron chi connectivity index (χ3n) is 5.07. The van der Waals surface area contributed by atoms with Gasteiger partial charge in [-0.05, 0) is 49.2 Å². The summed E-state index contributed by atoms with van der Waals surface area (Å²) in [4.78, 5) is 25.1. The van der Waals surface area contributed by atoms with Crippen LogP contribution in [0, 0.1) is 6.92 Å². The summed E-state index contributed by atoms with van der Waals surface area (Å²) in [6.45, 7) is 5.44. The Morgan fingerprint density at radius 2 is 1.78 bits per heavy atom. The molecule has 0 aromatic heterocycles. The zero-order valence-corrected chi connectivity index (χ0v) is 19.6. The van der Waals surface area contributed by atoms with E-state index >= 15 is 0 Å². The maximum atomic E-state index is 12.9. The minimum atomic E-state index is -3.73. The van der Waals surface area contributed by atoms with Crippen molar-refractivity contribution in [3.63, 3.8) is 0 Å². The number of ether oxygens (including phenoxy) is 1. The number of sulfonamides is 1. The molecule has 0 saturated carbocycles. The average molecular weight is 480 g/mol. The van der Waals surface area contributed by atoms with Gasteiger partial charge in [-0.3, -0.25) is 9.59 Å². The van der Waals surface area contributed by atoms with Crippen LogP contribution in [0.25, 0.3) is 0 Å². The first-order valence-corrected chi connectivity index (χ1v) is 12.1. The number of anilines is 1. The highest BCUT2D eigenvalue weighted by Gasteiger charge is 2.27. The summed E-state index contributed by atoms with van der Waals surface area (Å²) in [5.41, 5.74) is 1.58. The van der Waals surface area contributed by atoms with Gasteiger partial charge in [0.05, 0.1) is 28.7 Å². The first-order chi connectivity index (χ1) is 15.2. The van der Waals surface area contributed by atoms with Crippen LogP contribution in [0.15, 0.2) is 41.3 Å². The minimum Gasteiger partial charge on any atom is -0.379 e. The molecule has 0 atom stereocenters. The molecule has 0 spiro atoms. The van der Waals surface area contributed by atoms with Crippen LogP contribution < -0.4 is 10.6 Å². The van der Waals surface area contributed by atoms with Crippen LogP contribution >= 0.6 is 11.6 Å². The van der Waals surface area contributed by atoms with E-state index in [1.807, 2.05) is 6.92 Å². The molecule has 0 radical (unpaired) electrons. The van der Waals surface area contributed by atoms with Crippen molar-refractivity contribution in [2.45, 2.75) is 25.2 Å². The van der Waals surface area contributed by atoms with Crippen LogP contribution in [0.3, 0.4) is 0 Å². The Balaban J connectivity index is 1.80. The van der Waals surface area contributed by atoms with Crippen molar-refractivity contribution in [2.75, 3.05) is 38.2 Å². The molecule has 10 heteroatoms. The van der Waals surface area contributed by atoms with E-state index < -0.39 is 15.9 Å². The van der Waals surface area contributed by atoms with Crippen molar-refractivity contribution < 1.29 is 22.7 Å². The van der Waals surface area contributed by atoms with Crippen LogP contribution in [0.4, 0.5) is 5.69 Å². The van der Waals surface area contributed by atoms with Crippen LogP contribution in [0.2, 0.25) is 5.02 Å². The molecule has 2 N–H and O–H groups in total. The molecule has 1 saturated heterocycles. The first-order valence-electron chi connectivity index (χ1n) is 10.3.